The van der Waals surface area contributed by atoms with Crippen LogP contribution in [0.2, 0.25) is 0 Å². The minimum absolute atomic E-state index is 0.00135. The van der Waals surface area contributed by atoms with Crippen molar-refractivity contribution in [3.63, 3.8) is 0 Å². The number of hydrogen-bond acceptors (Lipinski definition) is 5. The van der Waals surface area contributed by atoms with Crippen molar-refractivity contribution in [1.29, 1.82) is 0 Å². The van der Waals surface area contributed by atoms with Gasteiger partial charge in [-0.05, 0) is 61.7 Å². The molecule has 2 aromatic rings. The van der Waals surface area contributed by atoms with Crippen LogP contribution in [-0.2, 0) is 14.4 Å². The Hall–Kier alpha value is -3.65. The molecule has 3 N–H and O–H groups in total. The van der Waals surface area contributed by atoms with E-state index < -0.39 is 30.1 Å². The molecule has 0 fully saturated rings. The molecule has 3 amide bonds. The molecule has 8 nitrogen and oxygen atoms in total. The van der Waals surface area contributed by atoms with Crippen LogP contribution in [0.15, 0.2) is 60.8 Å². The van der Waals surface area contributed by atoms with Crippen LogP contribution in [0, 0.1) is 11.8 Å². The van der Waals surface area contributed by atoms with Gasteiger partial charge in [-0.15, -0.1) is 0 Å². The zero-order valence-corrected chi connectivity index (χ0v) is 23.1. The van der Waals surface area contributed by atoms with Gasteiger partial charge in [-0.1, -0.05) is 70.2 Å². The molecule has 0 unspecified atom stereocenters. The Balaban J connectivity index is 2.11. The molecule has 0 aliphatic carbocycles. The van der Waals surface area contributed by atoms with Gasteiger partial charge in [0.2, 0.25) is 17.7 Å². The van der Waals surface area contributed by atoms with Gasteiger partial charge in [0.15, 0.2) is 6.10 Å². The topological polar surface area (TPSA) is 99.8 Å². The molecule has 2 aromatic carbocycles. The van der Waals surface area contributed by atoms with Gasteiger partial charge in [0.1, 0.15) is 17.8 Å². The average molecular weight is 521 g/mol. The number of fused-ring (bicyclic) bond motifs is 10. The van der Waals surface area contributed by atoms with Gasteiger partial charge in [0.05, 0.1) is 6.04 Å². The van der Waals surface area contributed by atoms with E-state index in [1.54, 1.807) is 24.4 Å². The van der Waals surface area contributed by atoms with Gasteiger partial charge in [-0.25, -0.2) is 0 Å². The normalized spacial score (nSPS) is 21.0. The van der Waals surface area contributed by atoms with Gasteiger partial charge in [0.25, 0.3) is 0 Å². The van der Waals surface area contributed by atoms with Gasteiger partial charge in [-0.2, -0.15) is 0 Å². The monoisotopic (exact) mass is 520 g/mol. The van der Waals surface area contributed by atoms with Crippen molar-refractivity contribution in [3.05, 3.63) is 71.9 Å². The van der Waals surface area contributed by atoms with Crippen molar-refractivity contribution in [2.75, 3.05) is 14.1 Å². The summed E-state index contributed by atoms with van der Waals surface area (Å²) in [5, 5.41) is 8.67. The van der Waals surface area contributed by atoms with Gasteiger partial charge < -0.3 is 20.7 Å². The number of hydrogen-bond donors (Lipinski definition) is 3. The molecular formula is C30H40N4O4. The van der Waals surface area contributed by atoms with Crippen molar-refractivity contribution in [1.82, 2.24) is 20.9 Å². The van der Waals surface area contributed by atoms with E-state index in [4.69, 9.17) is 4.74 Å². The van der Waals surface area contributed by atoms with Crippen molar-refractivity contribution in [3.8, 4) is 5.75 Å². The molecule has 2 aliphatic rings. The minimum Gasteiger partial charge on any atom is -0.483 e. The number of nitrogens with zero attached hydrogens (tertiary/aromatic N) is 1. The lowest BCUT2D eigenvalue weighted by Gasteiger charge is -2.33. The highest BCUT2D eigenvalue weighted by atomic mass is 16.5. The van der Waals surface area contributed by atoms with Crippen LogP contribution in [0.1, 0.15) is 51.3 Å². The number of rotatable bonds is 7. The largest absolute Gasteiger partial charge is 0.483 e. The fourth-order valence-corrected chi connectivity index (χ4v) is 4.71. The van der Waals surface area contributed by atoms with Crippen molar-refractivity contribution in [2.24, 2.45) is 11.8 Å². The molecule has 2 bridgehead atoms. The van der Waals surface area contributed by atoms with E-state index in [0.717, 1.165) is 11.1 Å². The summed E-state index contributed by atoms with van der Waals surface area (Å²) in [6.07, 6.45) is 2.94. The average Bonchev–Trinajstić information content (AvgIpc) is 2.85. The van der Waals surface area contributed by atoms with E-state index >= 15 is 0 Å². The maximum atomic E-state index is 13.9. The molecule has 0 aromatic heterocycles. The predicted octanol–water partition coefficient (Wildman–Crippen LogP) is 3.51. The minimum atomic E-state index is -1.10. The standard InChI is InChI=1S/C30H40N4O4/c1-19(2)18-24-28(35)31-17-16-21-12-14-23(15-13-21)38-27(22-10-8-7-9-11-22)25(29(36)32-24)33-30(37)26(20(3)4)34(5)6/h7-17,19-20,24-27H,18H2,1-6H3,(H,31,35)(H,32,36)(H,33,37)/t24-,25-,26+,27+/m1/s1. The third kappa shape index (κ3) is 7.68. The zero-order chi connectivity index (χ0) is 27.8. The number of carbonyl (C=O) groups excluding carboxylic acids is 3. The maximum Gasteiger partial charge on any atom is 0.247 e. The second-order valence-corrected chi connectivity index (χ2v) is 10.7. The highest BCUT2D eigenvalue weighted by Gasteiger charge is 2.37. The first kappa shape index (κ1) is 28.9. The number of ether oxygens (including phenoxy) is 1. The zero-order valence-electron chi connectivity index (χ0n) is 23.1. The van der Waals surface area contributed by atoms with Crippen molar-refractivity contribution < 1.29 is 19.1 Å². The Morgan fingerprint density at radius 3 is 2.21 bits per heavy atom. The number of carbonyl (C=O) groups is 3. The molecule has 8 heteroatoms. The van der Waals surface area contributed by atoms with Crippen LogP contribution >= 0.6 is 0 Å². The number of nitrogens with one attached hydrogen (secondary N) is 3. The molecule has 0 radical (unpaired) electrons. The molecule has 4 rings (SSSR count). The molecule has 0 saturated carbocycles. The summed E-state index contributed by atoms with van der Waals surface area (Å²) in [6.45, 7) is 7.89. The lowest BCUT2D eigenvalue weighted by atomic mass is 9.97. The maximum absolute atomic E-state index is 13.9. The fourth-order valence-electron chi connectivity index (χ4n) is 4.71. The first-order chi connectivity index (χ1) is 18.1. The van der Waals surface area contributed by atoms with Gasteiger partial charge in [-0.3, -0.25) is 19.3 Å². The number of benzene rings is 2. The lowest BCUT2D eigenvalue weighted by molar-refractivity contribution is -0.136. The molecule has 0 spiro atoms. The van der Waals surface area contributed by atoms with Crippen molar-refractivity contribution in [2.45, 2.75) is 58.3 Å². The lowest BCUT2D eigenvalue weighted by Crippen LogP contribution is -2.59. The smallest absolute Gasteiger partial charge is 0.247 e. The van der Waals surface area contributed by atoms with E-state index in [1.807, 2.05) is 89.2 Å². The Bertz CT molecular complexity index is 1100. The van der Waals surface area contributed by atoms with Crippen LogP contribution in [0.4, 0.5) is 0 Å². The molecule has 2 aliphatic heterocycles. The third-order valence-electron chi connectivity index (χ3n) is 6.45. The molecule has 2 heterocycles. The summed E-state index contributed by atoms with van der Waals surface area (Å²) < 4.78 is 6.41. The second kappa shape index (κ2) is 13.2. The van der Waals surface area contributed by atoms with E-state index in [0.29, 0.717) is 12.2 Å². The highest BCUT2D eigenvalue weighted by molar-refractivity contribution is 5.94. The first-order valence-corrected chi connectivity index (χ1v) is 13.1. The summed E-state index contributed by atoms with van der Waals surface area (Å²) in [7, 11) is 3.67. The Labute approximate surface area is 225 Å². The van der Waals surface area contributed by atoms with Crippen molar-refractivity contribution >= 4 is 23.8 Å². The summed E-state index contributed by atoms with van der Waals surface area (Å²) in [4.78, 5) is 42.4. The first-order valence-electron chi connectivity index (χ1n) is 13.1. The molecule has 38 heavy (non-hydrogen) atoms. The quantitative estimate of drug-likeness (QED) is 0.519. The highest BCUT2D eigenvalue weighted by Crippen LogP contribution is 2.27. The molecule has 4 atom stereocenters. The van der Waals surface area contributed by atoms with Crippen LogP contribution < -0.4 is 20.7 Å². The summed E-state index contributed by atoms with van der Waals surface area (Å²) in [5.74, 6) is -0.412. The number of amides is 3. The molecule has 0 saturated heterocycles. The predicted molar refractivity (Wildman–Crippen MR) is 149 cm³/mol. The SMILES string of the molecule is CC(C)C[C@H]1NC(=O)[C@H](NC(=O)[C@H](C(C)C)N(C)C)[C@H](c2ccccc2)Oc2ccc(cc2)C=CNC1=O. The Kier molecular flexibility index (Phi) is 10.1. The summed E-state index contributed by atoms with van der Waals surface area (Å²) in [5.41, 5.74) is 1.60. The van der Waals surface area contributed by atoms with Crippen LogP contribution in [0.25, 0.3) is 6.08 Å². The van der Waals surface area contributed by atoms with Gasteiger partial charge >= 0.3 is 0 Å². The van der Waals surface area contributed by atoms with Crippen LogP contribution in [0.3, 0.4) is 0 Å². The van der Waals surface area contributed by atoms with E-state index in [1.165, 1.54) is 0 Å². The van der Waals surface area contributed by atoms with Crippen LogP contribution in [0.5, 0.6) is 5.75 Å². The van der Waals surface area contributed by atoms with E-state index in [2.05, 4.69) is 16.0 Å². The van der Waals surface area contributed by atoms with Crippen LogP contribution in [-0.4, -0.2) is 54.8 Å². The van der Waals surface area contributed by atoms with E-state index in [-0.39, 0.29) is 23.7 Å². The Morgan fingerprint density at radius 1 is 0.974 bits per heavy atom. The van der Waals surface area contributed by atoms with E-state index in [9.17, 15) is 14.4 Å². The van der Waals surface area contributed by atoms with Gasteiger partial charge in [0, 0.05) is 6.20 Å². The fraction of sp³-hybridized carbons (Fsp3) is 0.433. The molecular weight excluding hydrogens is 480 g/mol. The second-order valence-electron chi connectivity index (χ2n) is 10.7. The summed E-state index contributed by atoms with van der Waals surface area (Å²) >= 11 is 0. The molecule has 204 valence electrons. The Morgan fingerprint density at radius 2 is 1.63 bits per heavy atom. The summed E-state index contributed by atoms with van der Waals surface area (Å²) in [6, 6.07) is 14.3. The third-order valence-corrected chi connectivity index (χ3v) is 6.45. The number of likely N-dealkylation sites (N-methyl/N-ethyl adjacent to an activating group) is 1.